The minimum absolute atomic E-state index is 0.305. The van der Waals surface area contributed by atoms with E-state index >= 15 is 0 Å². The second-order valence-electron chi connectivity index (χ2n) is 9.05. The standard InChI is InChI=1S/C33H20FN3O/c34-25-19-27(21-10-4-1-5-11-21)30-28(20-25)26-17-16-24(18-29(26)38-30)33-36-31(22-12-6-2-7-13-22)35-32(37-33)23-14-8-3-9-15-23/h1-20H. The molecule has 5 aromatic carbocycles. The first-order chi connectivity index (χ1) is 18.7. The quantitative estimate of drug-likeness (QED) is 0.246. The van der Waals surface area contributed by atoms with Crippen molar-refractivity contribution < 1.29 is 8.81 Å². The molecule has 0 spiro atoms. The molecule has 0 N–H and O–H groups in total. The van der Waals surface area contributed by atoms with Crippen LogP contribution in [0.1, 0.15) is 0 Å². The van der Waals surface area contributed by atoms with E-state index < -0.39 is 0 Å². The highest BCUT2D eigenvalue weighted by molar-refractivity contribution is 6.10. The molecule has 0 radical (unpaired) electrons. The Bertz CT molecular complexity index is 1860. The summed E-state index contributed by atoms with van der Waals surface area (Å²) in [5.74, 6) is 1.41. The summed E-state index contributed by atoms with van der Waals surface area (Å²) >= 11 is 0. The van der Waals surface area contributed by atoms with Crippen LogP contribution < -0.4 is 0 Å². The number of nitrogens with zero attached hydrogens (tertiary/aromatic N) is 3. The van der Waals surface area contributed by atoms with Crippen molar-refractivity contribution in [1.29, 1.82) is 0 Å². The minimum atomic E-state index is -0.305. The number of fused-ring (bicyclic) bond motifs is 3. The van der Waals surface area contributed by atoms with Crippen LogP contribution in [-0.2, 0) is 0 Å². The Kier molecular flexibility index (Phi) is 5.26. The van der Waals surface area contributed by atoms with Crippen molar-refractivity contribution in [2.45, 2.75) is 0 Å². The monoisotopic (exact) mass is 493 g/mol. The van der Waals surface area contributed by atoms with E-state index in [1.54, 1.807) is 0 Å². The Labute approximate surface area is 218 Å². The van der Waals surface area contributed by atoms with Crippen molar-refractivity contribution in [2.75, 3.05) is 0 Å². The molecular formula is C33H20FN3O. The van der Waals surface area contributed by atoms with Crippen LogP contribution in [0.2, 0.25) is 0 Å². The summed E-state index contributed by atoms with van der Waals surface area (Å²) in [5.41, 5.74) is 5.50. The van der Waals surface area contributed by atoms with Crippen LogP contribution in [0.3, 0.4) is 0 Å². The van der Waals surface area contributed by atoms with Gasteiger partial charge in [0.15, 0.2) is 17.5 Å². The van der Waals surface area contributed by atoms with Crippen molar-refractivity contribution in [3.63, 3.8) is 0 Å². The third-order valence-electron chi connectivity index (χ3n) is 6.58. The van der Waals surface area contributed by atoms with Gasteiger partial charge in [-0.1, -0.05) is 97.1 Å². The van der Waals surface area contributed by atoms with Crippen molar-refractivity contribution in [1.82, 2.24) is 15.0 Å². The highest BCUT2D eigenvalue weighted by Gasteiger charge is 2.17. The van der Waals surface area contributed by atoms with Gasteiger partial charge < -0.3 is 4.42 Å². The molecule has 0 fully saturated rings. The molecule has 5 heteroatoms. The summed E-state index contributed by atoms with van der Waals surface area (Å²) in [7, 11) is 0. The lowest BCUT2D eigenvalue weighted by atomic mass is 10.0. The predicted octanol–water partition coefficient (Wildman–Crippen LogP) is 8.58. The van der Waals surface area contributed by atoms with Crippen LogP contribution >= 0.6 is 0 Å². The molecule has 0 atom stereocenters. The molecule has 0 unspecified atom stereocenters. The van der Waals surface area contributed by atoms with E-state index in [0.717, 1.165) is 38.6 Å². The van der Waals surface area contributed by atoms with Crippen molar-refractivity contribution >= 4 is 21.9 Å². The van der Waals surface area contributed by atoms with Crippen LogP contribution in [0.4, 0.5) is 4.39 Å². The van der Waals surface area contributed by atoms with Gasteiger partial charge in [-0.15, -0.1) is 0 Å². The number of benzene rings is 5. The van der Waals surface area contributed by atoms with Gasteiger partial charge >= 0.3 is 0 Å². The van der Waals surface area contributed by atoms with Gasteiger partial charge in [0.2, 0.25) is 0 Å². The topological polar surface area (TPSA) is 51.8 Å². The molecule has 0 aliphatic heterocycles. The van der Waals surface area contributed by atoms with Gasteiger partial charge in [-0.3, -0.25) is 0 Å². The maximum atomic E-state index is 14.7. The molecule has 180 valence electrons. The molecule has 7 rings (SSSR count). The lowest BCUT2D eigenvalue weighted by molar-refractivity contribution is 0.627. The third kappa shape index (κ3) is 3.91. The molecule has 38 heavy (non-hydrogen) atoms. The first kappa shape index (κ1) is 22.1. The van der Waals surface area contributed by atoms with Crippen LogP contribution in [0.15, 0.2) is 126 Å². The molecule has 4 nitrogen and oxygen atoms in total. The van der Waals surface area contributed by atoms with Crippen LogP contribution in [-0.4, -0.2) is 15.0 Å². The Hall–Kier alpha value is -5.16. The fourth-order valence-corrected chi connectivity index (χ4v) is 4.75. The SMILES string of the molecule is Fc1cc(-c2ccccc2)c2oc3cc(-c4nc(-c5ccccc5)nc(-c5ccccc5)n4)ccc3c2c1. The second kappa shape index (κ2) is 9.05. The molecule has 0 aliphatic rings. The molecule has 2 heterocycles. The van der Waals surface area contributed by atoms with Crippen LogP contribution in [0.25, 0.3) is 67.2 Å². The Balaban J connectivity index is 1.42. The predicted molar refractivity (Wildman–Crippen MR) is 149 cm³/mol. The first-order valence-corrected chi connectivity index (χ1v) is 12.3. The van der Waals surface area contributed by atoms with Gasteiger partial charge in [0.25, 0.3) is 0 Å². The summed E-state index contributed by atoms with van der Waals surface area (Å²) in [6.07, 6.45) is 0. The molecule has 0 amide bonds. The van der Waals surface area contributed by atoms with Gasteiger partial charge in [-0.05, 0) is 29.8 Å². The Morgan fingerprint density at radius 2 is 1.00 bits per heavy atom. The van der Waals surface area contributed by atoms with Crippen molar-refractivity contribution in [2.24, 2.45) is 0 Å². The molecule has 0 saturated heterocycles. The average molecular weight is 494 g/mol. The third-order valence-corrected chi connectivity index (χ3v) is 6.58. The second-order valence-corrected chi connectivity index (χ2v) is 9.05. The zero-order chi connectivity index (χ0) is 25.5. The molecular weight excluding hydrogens is 473 g/mol. The summed E-state index contributed by atoms with van der Waals surface area (Å²) in [6.45, 7) is 0. The van der Waals surface area contributed by atoms with Gasteiger partial charge in [0, 0.05) is 33.0 Å². The summed E-state index contributed by atoms with van der Waals surface area (Å²) in [6, 6.07) is 38.3. The van der Waals surface area contributed by atoms with E-state index in [9.17, 15) is 4.39 Å². The van der Waals surface area contributed by atoms with E-state index in [4.69, 9.17) is 19.4 Å². The number of aromatic nitrogens is 3. The largest absolute Gasteiger partial charge is 0.455 e. The van der Waals surface area contributed by atoms with E-state index in [1.807, 2.05) is 109 Å². The van der Waals surface area contributed by atoms with E-state index in [0.29, 0.717) is 28.6 Å². The van der Waals surface area contributed by atoms with Crippen molar-refractivity contribution in [3.8, 4) is 45.3 Å². The highest BCUT2D eigenvalue weighted by atomic mass is 19.1. The maximum absolute atomic E-state index is 14.7. The molecule has 0 aliphatic carbocycles. The van der Waals surface area contributed by atoms with Gasteiger partial charge in [0.1, 0.15) is 17.0 Å². The summed E-state index contributed by atoms with van der Waals surface area (Å²) in [5, 5.41) is 1.57. The number of rotatable bonds is 4. The first-order valence-electron chi connectivity index (χ1n) is 12.3. The van der Waals surface area contributed by atoms with Gasteiger partial charge in [0.05, 0.1) is 0 Å². The fourth-order valence-electron chi connectivity index (χ4n) is 4.75. The minimum Gasteiger partial charge on any atom is -0.455 e. The van der Waals surface area contributed by atoms with Gasteiger partial charge in [-0.25, -0.2) is 19.3 Å². The molecule has 0 saturated carbocycles. The highest BCUT2D eigenvalue weighted by Crippen LogP contribution is 2.38. The molecule has 2 aromatic heterocycles. The normalized spacial score (nSPS) is 11.3. The summed E-state index contributed by atoms with van der Waals surface area (Å²) < 4.78 is 21.0. The molecule has 7 aromatic rings. The van der Waals surface area contributed by atoms with Gasteiger partial charge in [-0.2, -0.15) is 0 Å². The smallest absolute Gasteiger partial charge is 0.164 e. The fraction of sp³-hybridized carbons (Fsp3) is 0. The lowest BCUT2D eigenvalue weighted by Gasteiger charge is -2.08. The number of hydrogen-bond acceptors (Lipinski definition) is 4. The van der Waals surface area contributed by atoms with Crippen molar-refractivity contribution in [3.05, 3.63) is 127 Å². The van der Waals surface area contributed by atoms with E-state index in [2.05, 4.69) is 0 Å². The Morgan fingerprint density at radius 1 is 0.474 bits per heavy atom. The number of furan rings is 1. The van der Waals surface area contributed by atoms with Crippen LogP contribution in [0.5, 0.6) is 0 Å². The zero-order valence-corrected chi connectivity index (χ0v) is 20.2. The Morgan fingerprint density at radius 3 is 1.58 bits per heavy atom. The van der Waals surface area contributed by atoms with Crippen LogP contribution in [0, 0.1) is 5.82 Å². The summed E-state index contributed by atoms with van der Waals surface area (Å²) in [4.78, 5) is 14.4. The van der Waals surface area contributed by atoms with E-state index in [-0.39, 0.29) is 5.82 Å². The zero-order valence-electron chi connectivity index (χ0n) is 20.2. The van der Waals surface area contributed by atoms with E-state index in [1.165, 1.54) is 12.1 Å². The maximum Gasteiger partial charge on any atom is 0.164 e. The molecule has 0 bridgehead atoms. The number of halogens is 1. The number of hydrogen-bond donors (Lipinski definition) is 0. The average Bonchev–Trinajstić information content (AvgIpc) is 3.35. The lowest BCUT2D eigenvalue weighted by Crippen LogP contribution is -2.00.